The first-order chi connectivity index (χ1) is 14.4. The predicted molar refractivity (Wildman–Crippen MR) is 122 cm³/mol. The second-order valence-corrected chi connectivity index (χ2v) is 7.59. The summed E-state index contributed by atoms with van der Waals surface area (Å²) >= 11 is 11.1. The average Bonchev–Trinajstić information content (AvgIpc) is 2.75. The third-order valence-electron chi connectivity index (χ3n) is 4.57. The molecule has 0 aliphatic rings. The van der Waals surface area contributed by atoms with Gasteiger partial charge in [-0.25, -0.2) is 0 Å². The van der Waals surface area contributed by atoms with Crippen molar-refractivity contribution in [2.45, 2.75) is 39.0 Å². The molecule has 160 valence electrons. The van der Waals surface area contributed by atoms with Gasteiger partial charge in [0.15, 0.2) is 11.7 Å². The zero-order valence-electron chi connectivity index (χ0n) is 17.0. The number of ether oxygens (including phenoxy) is 1. The van der Waals surface area contributed by atoms with Crippen molar-refractivity contribution in [3.63, 3.8) is 0 Å². The second kappa shape index (κ2) is 12.1. The highest BCUT2D eigenvalue weighted by atomic mass is 35.5. The van der Waals surface area contributed by atoms with E-state index in [0.717, 1.165) is 17.5 Å². The van der Waals surface area contributed by atoms with Crippen LogP contribution >= 0.6 is 23.8 Å². The van der Waals surface area contributed by atoms with Crippen molar-refractivity contribution in [3.8, 4) is 5.75 Å². The molecule has 0 aliphatic carbocycles. The van der Waals surface area contributed by atoms with Crippen LogP contribution in [0.25, 0.3) is 0 Å². The monoisotopic (exact) mass is 447 g/mol. The zero-order valence-corrected chi connectivity index (χ0v) is 18.6. The van der Waals surface area contributed by atoms with Crippen LogP contribution in [0.1, 0.15) is 43.7 Å². The number of halogens is 1. The molecule has 1 unspecified atom stereocenters. The van der Waals surface area contributed by atoms with Crippen LogP contribution in [-0.4, -0.2) is 23.5 Å². The van der Waals surface area contributed by atoms with Crippen LogP contribution in [0.5, 0.6) is 5.75 Å². The van der Waals surface area contributed by atoms with Gasteiger partial charge in [0.2, 0.25) is 5.91 Å². The Balaban J connectivity index is 1.71. The SMILES string of the molecule is CCC(C)c1ccccc1OCC(=O)NNC(=S)NC(=O)CCc1ccccc1Cl. The van der Waals surface area contributed by atoms with Gasteiger partial charge in [0, 0.05) is 11.4 Å². The Morgan fingerprint density at radius 2 is 1.77 bits per heavy atom. The largest absolute Gasteiger partial charge is 0.483 e. The number of rotatable bonds is 8. The predicted octanol–water partition coefficient (Wildman–Crippen LogP) is 3.89. The smallest absolute Gasteiger partial charge is 0.276 e. The molecule has 0 spiro atoms. The maximum Gasteiger partial charge on any atom is 0.276 e. The fourth-order valence-electron chi connectivity index (χ4n) is 2.71. The van der Waals surface area contributed by atoms with Crippen molar-refractivity contribution in [1.82, 2.24) is 16.2 Å². The molecule has 0 bridgehead atoms. The lowest BCUT2D eigenvalue weighted by Gasteiger charge is -2.16. The van der Waals surface area contributed by atoms with E-state index in [0.29, 0.717) is 23.1 Å². The van der Waals surface area contributed by atoms with Crippen molar-refractivity contribution in [2.24, 2.45) is 0 Å². The number of aryl methyl sites for hydroxylation is 1. The van der Waals surface area contributed by atoms with Crippen molar-refractivity contribution in [3.05, 3.63) is 64.7 Å². The number of hydrogen-bond donors (Lipinski definition) is 3. The molecule has 2 rings (SSSR count). The van der Waals surface area contributed by atoms with E-state index in [9.17, 15) is 9.59 Å². The quantitative estimate of drug-likeness (QED) is 0.422. The first kappa shape index (κ1) is 23.6. The number of amides is 2. The zero-order chi connectivity index (χ0) is 21.9. The molecular formula is C22H26ClN3O3S. The van der Waals surface area contributed by atoms with Gasteiger partial charge in [0.25, 0.3) is 5.91 Å². The van der Waals surface area contributed by atoms with E-state index in [1.165, 1.54) is 0 Å². The Morgan fingerprint density at radius 3 is 2.50 bits per heavy atom. The summed E-state index contributed by atoms with van der Waals surface area (Å²) in [5.74, 6) is 0.315. The summed E-state index contributed by atoms with van der Waals surface area (Å²) in [6.07, 6.45) is 1.68. The molecule has 0 saturated carbocycles. The average molecular weight is 448 g/mol. The second-order valence-electron chi connectivity index (χ2n) is 6.78. The van der Waals surface area contributed by atoms with E-state index in [-0.39, 0.29) is 24.0 Å². The van der Waals surface area contributed by atoms with Gasteiger partial charge in [-0.2, -0.15) is 0 Å². The summed E-state index contributed by atoms with van der Waals surface area (Å²) in [6.45, 7) is 4.03. The molecular weight excluding hydrogens is 422 g/mol. The molecule has 0 aliphatic heterocycles. The van der Waals surface area contributed by atoms with Gasteiger partial charge in [0.05, 0.1) is 0 Å². The summed E-state index contributed by atoms with van der Waals surface area (Å²) in [6, 6.07) is 15.0. The molecule has 0 heterocycles. The van der Waals surface area contributed by atoms with E-state index >= 15 is 0 Å². The van der Waals surface area contributed by atoms with E-state index in [1.807, 2.05) is 42.5 Å². The first-order valence-electron chi connectivity index (χ1n) is 9.74. The lowest BCUT2D eigenvalue weighted by molar-refractivity contribution is -0.124. The molecule has 6 nitrogen and oxygen atoms in total. The van der Waals surface area contributed by atoms with Gasteiger partial charge < -0.3 is 10.1 Å². The van der Waals surface area contributed by atoms with Crippen LogP contribution in [0.3, 0.4) is 0 Å². The minimum absolute atomic E-state index is 0.00696. The highest BCUT2D eigenvalue weighted by Crippen LogP contribution is 2.28. The maximum absolute atomic E-state index is 12.0. The van der Waals surface area contributed by atoms with Gasteiger partial charge in [0.1, 0.15) is 5.75 Å². The number of carbonyl (C=O) groups excluding carboxylic acids is 2. The maximum atomic E-state index is 12.0. The van der Waals surface area contributed by atoms with Crippen LogP contribution in [-0.2, 0) is 16.0 Å². The van der Waals surface area contributed by atoms with E-state index < -0.39 is 5.91 Å². The fourth-order valence-corrected chi connectivity index (χ4v) is 3.11. The normalized spacial score (nSPS) is 11.3. The Labute approximate surface area is 187 Å². The van der Waals surface area contributed by atoms with Crippen molar-refractivity contribution >= 4 is 40.7 Å². The van der Waals surface area contributed by atoms with E-state index in [4.69, 9.17) is 28.6 Å². The summed E-state index contributed by atoms with van der Waals surface area (Å²) < 4.78 is 5.64. The van der Waals surface area contributed by atoms with Gasteiger partial charge in [-0.1, -0.05) is 61.8 Å². The summed E-state index contributed by atoms with van der Waals surface area (Å²) in [7, 11) is 0. The number of para-hydroxylation sites is 1. The van der Waals surface area contributed by atoms with Gasteiger partial charge in [-0.05, 0) is 54.2 Å². The van der Waals surface area contributed by atoms with Crippen molar-refractivity contribution in [1.29, 1.82) is 0 Å². The molecule has 30 heavy (non-hydrogen) atoms. The molecule has 2 amide bonds. The lowest BCUT2D eigenvalue weighted by Crippen LogP contribution is -2.49. The highest BCUT2D eigenvalue weighted by Gasteiger charge is 2.12. The third-order valence-corrected chi connectivity index (χ3v) is 5.14. The molecule has 0 radical (unpaired) electrons. The topological polar surface area (TPSA) is 79.5 Å². The Hall–Kier alpha value is -2.64. The molecule has 8 heteroatoms. The van der Waals surface area contributed by atoms with Crippen molar-refractivity contribution in [2.75, 3.05) is 6.61 Å². The minimum atomic E-state index is -0.415. The lowest BCUT2D eigenvalue weighted by atomic mass is 9.98. The van der Waals surface area contributed by atoms with Crippen LogP contribution in [0.2, 0.25) is 5.02 Å². The van der Waals surface area contributed by atoms with Crippen LogP contribution in [0.4, 0.5) is 0 Å². The van der Waals surface area contributed by atoms with Crippen LogP contribution < -0.4 is 20.9 Å². The number of nitrogens with one attached hydrogen (secondary N) is 3. The minimum Gasteiger partial charge on any atom is -0.483 e. The van der Waals surface area contributed by atoms with Gasteiger partial charge >= 0.3 is 0 Å². The molecule has 0 fully saturated rings. The molecule has 1 atom stereocenters. The standard InChI is InChI=1S/C22H26ClN3O3S/c1-3-15(2)17-9-5-7-11-19(17)29-14-21(28)25-26-22(30)24-20(27)13-12-16-8-4-6-10-18(16)23/h4-11,15H,3,12-14H2,1-2H3,(H,25,28)(H2,24,26,27,30). The van der Waals surface area contributed by atoms with E-state index in [1.54, 1.807) is 6.07 Å². The number of benzene rings is 2. The summed E-state index contributed by atoms with van der Waals surface area (Å²) in [4.78, 5) is 24.0. The molecule has 0 aromatic heterocycles. The summed E-state index contributed by atoms with van der Waals surface area (Å²) in [5.41, 5.74) is 6.86. The van der Waals surface area contributed by atoms with Crippen molar-refractivity contribution < 1.29 is 14.3 Å². The Kier molecular flexibility index (Phi) is 9.57. The van der Waals surface area contributed by atoms with Crippen LogP contribution in [0, 0.1) is 0 Å². The molecule has 0 saturated heterocycles. The summed E-state index contributed by atoms with van der Waals surface area (Å²) in [5, 5.41) is 3.14. The highest BCUT2D eigenvalue weighted by molar-refractivity contribution is 7.80. The number of hydrogen-bond acceptors (Lipinski definition) is 4. The first-order valence-corrected chi connectivity index (χ1v) is 10.5. The van der Waals surface area contributed by atoms with Gasteiger partial charge in [-0.3, -0.25) is 20.4 Å². The number of hydrazine groups is 1. The number of thiocarbonyl (C=S) groups is 1. The molecule has 2 aromatic carbocycles. The Morgan fingerprint density at radius 1 is 1.07 bits per heavy atom. The number of carbonyl (C=O) groups is 2. The third kappa shape index (κ3) is 7.65. The Bertz CT molecular complexity index is 891. The van der Waals surface area contributed by atoms with Crippen LogP contribution in [0.15, 0.2) is 48.5 Å². The molecule has 2 aromatic rings. The van der Waals surface area contributed by atoms with E-state index in [2.05, 4.69) is 30.0 Å². The molecule has 3 N–H and O–H groups in total. The fraction of sp³-hybridized carbons (Fsp3) is 0.318. The van der Waals surface area contributed by atoms with Gasteiger partial charge in [-0.15, -0.1) is 0 Å².